The van der Waals surface area contributed by atoms with Crippen molar-refractivity contribution in [2.45, 2.75) is 13.0 Å². The van der Waals surface area contributed by atoms with E-state index in [-0.39, 0.29) is 34.7 Å². The summed E-state index contributed by atoms with van der Waals surface area (Å²) in [5, 5.41) is 12.9. The van der Waals surface area contributed by atoms with Crippen molar-refractivity contribution in [2.24, 2.45) is 0 Å². The molecule has 2 aromatic rings. The minimum Gasteiger partial charge on any atom is -0.507 e. The lowest BCUT2D eigenvalue weighted by Crippen LogP contribution is -2.32. The molecule has 0 saturated carbocycles. The van der Waals surface area contributed by atoms with Crippen LogP contribution in [-0.2, 0) is 16.1 Å². The summed E-state index contributed by atoms with van der Waals surface area (Å²) in [6.45, 7) is -0.358. The normalized spacial score (nSPS) is 14.1. The van der Waals surface area contributed by atoms with Crippen LogP contribution in [0.3, 0.4) is 0 Å². The van der Waals surface area contributed by atoms with Crippen molar-refractivity contribution < 1.29 is 23.5 Å². The number of nitrogens with zero attached hydrogens (tertiary/aromatic N) is 1. The fraction of sp³-hybridized carbons (Fsp3) is 0.158. The molecule has 0 radical (unpaired) electrons. The molecule has 5 nitrogen and oxygen atoms in total. The second-order valence-electron chi connectivity index (χ2n) is 5.78. The number of nitrogens with one attached hydrogen (secondary N) is 1. The van der Waals surface area contributed by atoms with Gasteiger partial charge in [-0.1, -0.05) is 18.2 Å². The van der Waals surface area contributed by atoms with Gasteiger partial charge in [-0.2, -0.15) is 0 Å². The third-order valence-electron chi connectivity index (χ3n) is 4.24. The average molecular weight is 358 g/mol. The predicted octanol–water partition coefficient (Wildman–Crippen LogP) is 2.92. The van der Waals surface area contributed by atoms with Crippen LogP contribution in [0, 0.1) is 11.6 Å². The summed E-state index contributed by atoms with van der Waals surface area (Å²) in [5.41, 5.74) is 0.158. The van der Waals surface area contributed by atoms with Gasteiger partial charge in [0.15, 0.2) is 0 Å². The maximum atomic E-state index is 14.0. The van der Waals surface area contributed by atoms with Gasteiger partial charge in [-0.05, 0) is 24.3 Å². The number of rotatable bonds is 3. The van der Waals surface area contributed by atoms with Crippen LogP contribution in [0.1, 0.15) is 17.5 Å². The number of carbonyl (C=O) groups excluding carboxylic acids is 2. The van der Waals surface area contributed by atoms with Crippen LogP contribution in [0.4, 0.5) is 14.5 Å². The van der Waals surface area contributed by atoms with Crippen LogP contribution in [0.5, 0.6) is 0 Å². The fourth-order valence-corrected chi connectivity index (χ4v) is 2.89. The van der Waals surface area contributed by atoms with Gasteiger partial charge in [0.25, 0.3) is 5.91 Å². The zero-order chi connectivity index (χ0) is 18.8. The van der Waals surface area contributed by atoms with Crippen LogP contribution >= 0.6 is 0 Å². The smallest absolute Gasteiger partial charge is 0.251 e. The largest absolute Gasteiger partial charge is 0.507 e. The lowest BCUT2D eigenvalue weighted by atomic mass is 10.1. The average Bonchev–Trinajstić information content (AvgIpc) is 2.74. The molecule has 1 aliphatic heterocycles. The molecule has 0 unspecified atom stereocenters. The topological polar surface area (TPSA) is 69.6 Å². The first-order valence-corrected chi connectivity index (χ1v) is 7.91. The lowest BCUT2D eigenvalue weighted by Gasteiger charge is -2.23. The zero-order valence-corrected chi connectivity index (χ0v) is 13.9. The van der Waals surface area contributed by atoms with E-state index in [1.807, 2.05) is 0 Å². The summed E-state index contributed by atoms with van der Waals surface area (Å²) in [5.74, 6) is -3.02. The van der Waals surface area contributed by atoms with Crippen molar-refractivity contribution in [3.8, 4) is 0 Å². The highest BCUT2D eigenvalue weighted by Crippen LogP contribution is 2.34. The van der Waals surface area contributed by atoms with E-state index in [1.54, 1.807) is 18.2 Å². The molecule has 7 heteroatoms. The second-order valence-corrected chi connectivity index (χ2v) is 5.78. The van der Waals surface area contributed by atoms with Gasteiger partial charge >= 0.3 is 0 Å². The van der Waals surface area contributed by atoms with E-state index >= 15 is 0 Å². The van der Waals surface area contributed by atoms with Crippen LogP contribution in [0.25, 0.3) is 5.76 Å². The number of aliphatic hydroxyl groups is 1. The monoisotopic (exact) mass is 358 g/mol. The number of likely N-dealkylation sites (N-methyl/N-ethyl adjacent to an activating group) is 1. The molecule has 1 aliphatic rings. The maximum Gasteiger partial charge on any atom is 0.251 e. The Balaban J connectivity index is 2.11. The third-order valence-corrected chi connectivity index (χ3v) is 4.24. The molecular weight excluding hydrogens is 342 g/mol. The molecular formula is C19H16F2N2O3. The molecule has 0 fully saturated rings. The molecule has 2 aromatic carbocycles. The second kappa shape index (κ2) is 6.95. The SMILES string of the molecule is CNC(=O)C1=C(O)c2ccccc2N(Cc2c(F)cccc2F)C(=O)C1. The van der Waals surface area contributed by atoms with Crippen molar-refractivity contribution in [1.29, 1.82) is 0 Å². The van der Waals surface area contributed by atoms with Crippen LogP contribution in [0.15, 0.2) is 48.0 Å². The molecule has 134 valence electrons. The van der Waals surface area contributed by atoms with Crippen LogP contribution in [0.2, 0.25) is 0 Å². The summed E-state index contributed by atoms with van der Waals surface area (Å²) in [4.78, 5) is 25.9. The molecule has 2 N–H and O–H groups in total. The number of benzene rings is 2. The van der Waals surface area contributed by atoms with Gasteiger partial charge in [0.05, 0.1) is 24.2 Å². The minimum absolute atomic E-state index is 0.0959. The molecule has 3 rings (SSSR count). The molecule has 26 heavy (non-hydrogen) atoms. The van der Waals surface area contributed by atoms with Gasteiger partial charge in [-0.25, -0.2) is 8.78 Å². The molecule has 0 aromatic heterocycles. The molecule has 0 aliphatic carbocycles. The molecule has 0 atom stereocenters. The highest BCUT2D eigenvalue weighted by atomic mass is 19.1. The van der Waals surface area contributed by atoms with Crippen molar-refractivity contribution >= 4 is 23.3 Å². The Hall–Kier alpha value is -3.22. The number of anilines is 1. The van der Waals surface area contributed by atoms with Gasteiger partial charge in [-0.3, -0.25) is 9.59 Å². The zero-order valence-electron chi connectivity index (χ0n) is 13.9. The lowest BCUT2D eigenvalue weighted by molar-refractivity contribution is -0.121. The number of fused-ring (bicyclic) bond motifs is 1. The summed E-state index contributed by atoms with van der Waals surface area (Å²) in [7, 11) is 1.39. The van der Waals surface area contributed by atoms with E-state index in [0.717, 1.165) is 12.1 Å². The summed E-state index contributed by atoms with van der Waals surface area (Å²) >= 11 is 0. The van der Waals surface area contributed by atoms with Crippen molar-refractivity contribution in [3.05, 3.63) is 70.8 Å². The van der Waals surface area contributed by atoms with E-state index in [0.29, 0.717) is 0 Å². The number of carbonyl (C=O) groups is 2. The summed E-state index contributed by atoms with van der Waals surface area (Å²) < 4.78 is 28.1. The number of para-hydroxylation sites is 1. The van der Waals surface area contributed by atoms with E-state index in [4.69, 9.17) is 0 Å². The van der Waals surface area contributed by atoms with E-state index in [1.165, 1.54) is 24.1 Å². The van der Waals surface area contributed by atoms with Crippen LogP contribution < -0.4 is 10.2 Å². The first-order chi connectivity index (χ1) is 12.4. The summed E-state index contributed by atoms with van der Waals surface area (Å²) in [6, 6.07) is 9.81. The highest BCUT2D eigenvalue weighted by Gasteiger charge is 2.31. The van der Waals surface area contributed by atoms with Crippen LogP contribution in [-0.4, -0.2) is 24.0 Å². The first kappa shape index (κ1) is 17.6. The predicted molar refractivity (Wildman–Crippen MR) is 92.2 cm³/mol. The summed E-state index contributed by atoms with van der Waals surface area (Å²) in [6.07, 6.45) is -0.393. The number of hydrogen-bond acceptors (Lipinski definition) is 3. The van der Waals surface area contributed by atoms with Crippen molar-refractivity contribution in [3.63, 3.8) is 0 Å². The van der Waals surface area contributed by atoms with E-state index in [9.17, 15) is 23.5 Å². The number of aliphatic hydroxyl groups excluding tert-OH is 1. The van der Waals surface area contributed by atoms with Crippen molar-refractivity contribution in [1.82, 2.24) is 5.32 Å². The quantitative estimate of drug-likeness (QED) is 0.886. The van der Waals surface area contributed by atoms with Gasteiger partial charge in [0.2, 0.25) is 5.91 Å². The van der Waals surface area contributed by atoms with Crippen molar-refractivity contribution in [2.75, 3.05) is 11.9 Å². The number of halogens is 2. The minimum atomic E-state index is -0.775. The Labute approximate surface area is 148 Å². The van der Waals surface area contributed by atoms with Gasteiger partial charge in [-0.15, -0.1) is 0 Å². The maximum absolute atomic E-state index is 14.0. The van der Waals surface area contributed by atoms with E-state index in [2.05, 4.69) is 5.32 Å². The molecule has 2 amide bonds. The van der Waals surface area contributed by atoms with Gasteiger partial charge < -0.3 is 15.3 Å². The first-order valence-electron chi connectivity index (χ1n) is 7.91. The number of hydrogen-bond donors (Lipinski definition) is 2. The number of amides is 2. The van der Waals surface area contributed by atoms with E-state index < -0.39 is 29.9 Å². The highest BCUT2D eigenvalue weighted by molar-refractivity contribution is 6.10. The van der Waals surface area contributed by atoms with Gasteiger partial charge in [0.1, 0.15) is 17.4 Å². The Morgan fingerprint density at radius 2 is 1.81 bits per heavy atom. The molecule has 1 heterocycles. The van der Waals surface area contributed by atoms with Gasteiger partial charge in [0, 0.05) is 18.2 Å². The standard InChI is InChI=1S/C19H16F2N2O3/c1-22-19(26)12-9-17(24)23(10-13-14(20)6-4-7-15(13)21)16-8-3-2-5-11(16)18(12)25/h2-8,25H,9-10H2,1H3,(H,22,26). The Morgan fingerprint density at radius 1 is 1.15 bits per heavy atom. The fourth-order valence-electron chi connectivity index (χ4n) is 2.89. The molecule has 0 saturated heterocycles. The third kappa shape index (κ3) is 3.03. The Kier molecular flexibility index (Phi) is 4.71. The Bertz CT molecular complexity index is 905. The molecule has 0 spiro atoms. The molecule has 0 bridgehead atoms. The Morgan fingerprint density at radius 3 is 2.46 bits per heavy atom.